The Bertz CT molecular complexity index is 1140. The number of aryl methyl sites for hydroxylation is 1. The lowest BCUT2D eigenvalue weighted by molar-refractivity contribution is -0.128. The number of benzene rings is 2. The first kappa shape index (κ1) is 21.0. The predicted molar refractivity (Wildman–Crippen MR) is 111 cm³/mol. The molecule has 4 rings (SSSR count). The van der Waals surface area contributed by atoms with Gasteiger partial charge >= 0.3 is 0 Å². The fraction of sp³-hybridized carbons (Fsp3) is 0.304. The maximum Gasteiger partial charge on any atom is 0.288 e. The lowest BCUT2D eigenvalue weighted by atomic mass is 9.86. The Morgan fingerprint density at radius 2 is 1.87 bits per heavy atom. The number of carbonyl (C=O) groups excluding carboxylic acids is 2. The molecule has 0 radical (unpaired) electrons. The van der Waals surface area contributed by atoms with E-state index < -0.39 is 29.0 Å². The Balaban J connectivity index is 1.54. The van der Waals surface area contributed by atoms with Crippen LogP contribution in [0.2, 0.25) is 0 Å². The van der Waals surface area contributed by atoms with Gasteiger partial charge in [-0.05, 0) is 45.0 Å². The fourth-order valence-electron chi connectivity index (χ4n) is 3.94. The van der Waals surface area contributed by atoms with Gasteiger partial charge in [-0.3, -0.25) is 9.59 Å². The highest BCUT2D eigenvalue weighted by atomic mass is 19.1. The number of carbonyl (C=O) groups is 2. The lowest BCUT2D eigenvalue weighted by Gasteiger charge is -2.36. The summed E-state index contributed by atoms with van der Waals surface area (Å²) < 4.78 is 32.8. The highest BCUT2D eigenvalue weighted by molar-refractivity contribution is 6.02. The van der Waals surface area contributed by atoms with Gasteiger partial charge in [-0.1, -0.05) is 24.3 Å². The molecule has 3 N–H and O–H groups in total. The average molecular weight is 427 g/mol. The molecule has 0 bridgehead atoms. The molecular formula is C23H23F2N3O3. The molecule has 2 amide bonds. The highest BCUT2D eigenvalue weighted by Gasteiger charge is 2.41. The predicted octanol–water partition coefficient (Wildman–Crippen LogP) is 3.19. The smallest absolute Gasteiger partial charge is 0.288 e. The van der Waals surface area contributed by atoms with E-state index >= 15 is 0 Å². The number of halogens is 2. The van der Waals surface area contributed by atoms with Crippen LogP contribution in [0, 0.1) is 18.6 Å². The van der Waals surface area contributed by atoms with Crippen LogP contribution in [-0.4, -0.2) is 30.4 Å². The van der Waals surface area contributed by atoms with Crippen LogP contribution in [0.5, 0.6) is 0 Å². The minimum Gasteiger partial charge on any atom is -0.451 e. The van der Waals surface area contributed by atoms with Crippen LogP contribution >= 0.6 is 0 Å². The number of hydrogen-bond acceptors (Lipinski definition) is 4. The normalized spacial score (nSPS) is 15.6. The maximum absolute atomic E-state index is 13.9. The van der Waals surface area contributed by atoms with Crippen molar-refractivity contribution in [3.05, 3.63) is 71.0 Å². The quantitative estimate of drug-likeness (QED) is 0.584. The fourth-order valence-corrected chi connectivity index (χ4v) is 3.94. The molecule has 1 fully saturated rings. The van der Waals surface area contributed by atoms with Gasteiger partial charge in [0.25, 0.3) is 5.91 Å². The van der Waals surface area contributed by atoms with Crippen LogP contribution < -0.4 is 16.0 Å². The van der Waals surface area contributed by atoms with Crippen molar-refractivity contribution in [2.24, 2.45) is 0 Å². The second-order valence-electron chi connectivity index (χ2n) is 7.76. The average Bonchev–Trinajstić information content (AvgIpc) is 3.10. The van der Waals surface area contributed by atoms with Crippen LogP contribution in [0.15, 0.2) is 46.9 Å². The van der Waals surface area contributed by atoms with Gasteiger partial charge in [0.15, 0.2) is 5.76 Å². The number of furan rings is 1. The number of hydrogen-bond donors (Lipinski definition) is 3. The molecule has 2 heterocycles. The first-order valence-corrected chi connectivity index (χ1v) is 10.1. The summed E-state index contributed by atoms with van der Waals surface area (Å²) in [7, 11) is 0. The van der Waals surface area contributed by atoms with Crippen molar-refractivity contribution < 1.29 is 22.8 Å². The minimum atomic E-state index is -1.16. The van der Waals surface area contributed by atoms with Crippen LogP contribution in [0.25, 0.3) is 11.0 Å². The Kier molecular flexibility index (Phi) is 5.73. The van der Waals surface area contributed by atoms with Gasteiger partial charge in [0, 0.05) is 29.1 Å². The van der Waals surface area contributed by atoms with E-state index in [2.05, 4.69) is 16.0 Å². The van der Waals surface area contributed by atoms with Gasteiger partial charge in [-0.15, -0.1) is 0 Å². The van der Waals surface area contributed by atoms with Crippen LogP contribution in [0.3, 0.4) is 0 Å². The third kappa shape index (κ3) is 4.16. The number of para-hydroxylation sites is 1. The Morgan fingerprint density at radius 3 is 2.58 bits per heavy atom. The van der Waals surface area contributed by atoms with E-state index in [1.165, 1.54) is 6.07 Å². The lowest BCUT2D eigenvalue weighted by Crippen LogP contribution is -2.62. The molecule has 2 aromatic carbocycles. The van der Waals surface area contributed by atoms with Crippen LogP contribution in [0.4, 0.5) is 8.78 Å². The molecule has 1 aromatic heterocycles. The molecule has 0 atom stereocenters. The summed E-state index contributed by atoms with van der Waals surface area (Å²) in [6.45, 7) is 2.77. The van der Waals surface area contributed by atoms with Gasteiger partial charge in [0.2, 0.25) is 5.91 Å². The van der Waals surface area contributed by atoms with E-state index in [4.69, 9.17) is 4.42 Å². The van der Waals surface area contributed by atoms with E-state index in [1.54, 1.807) is 13.0 Å². The van der Waals surface area contributed by atoms with Gasteiger partial charge in [-0.25, -0.2) is 8.78 Å². The highest BCUT2D eigenvalue weighted by Crippen LogP contribution is 2.27. The van der Waals surface area contributed by atoms with E-state index in [9.17, 15) is 18.4 Å². The number of nitrogens with one attached hydrogen (secondary N) is 3. The first-order chi connectivity index (χ1) is 14.9. The van der Waals surface area contributed by atoms with Crippen molar-refractivity contribution in [1.29, 1.82) is 0 Å². The summed E-state index contributed by atoms with van der Waals surface area (Å²) in [4.78, 5) is 26.2. The molecule has 1 aliphatic heterocycles. The van der Waals surface area contributed by atoms with Gasteiger partial charge < -0.3 is 20.4 Å². The summed E-state index contributed by atoms with van der Waals surface area (Å²) >= 11 is 0. The van der Waals surface area contributed by atoms with Crippen LogP contribution in [0.1, 0.15) is 34.5 Å². The maximum atomic E-state index is 13.9. The Morgan fingerprint density at radius 1 is 1.13 bits per heavy atom. The van der Waals surface area contributed by atoms with Crippen molar-refractivity contribution in [3.63, 3.8) is 0 Å². The topological polar surface area (TPSA) is 83.4 Å². The van der Waals surface area contributed by atoms with Crippen molar-refractivity contribution >= 4 is 22.8 Å². The number of amides is 2. The summed E-state index contributed by atoms with van der Waals surface area (Å²) in [5.41, 5.74) is 0.301. The van der Waals surface area contributed by atoms with Crippen LogP contribution in [-0.2, 0) is 11.3 Å². The van der Waals surface area contributed by atoms with Gasteiger partial charge in [-0.2, -0.15) is 0 Å². The second kappa shape index (κ2) is 8.47. The van der Waals surface area contributed by atoms with E-state index in [0.29, 0.717) is 37.1 Å². The summed E-state index contributed by atoms with van der Waals surface area (Å²) in [6.07, 6.45) is 0.742. The molecule has 1 aliphatic rings. The molecular weight excluding hydrogens is 404 g/mol. The van der Waals surface area contributed by atoms with Gasteiger partial charge in [0.1, 0.15) is 22.8 Å². The van der Waals surface area contributed by atoms with Crippen molar-refractivity contribution in [3.8, 4) is 0 Å². The van der Waals surface area contributed by atoms with E-state index in [1.807, 2.05) is 18.2 Å². The standard InChI is InChI=1S/C23H23F2N3O3/c1-14-17-4-2-3-5-19(17)31-20(14)21(29)28-23(8-10-26-11-9-23)22(30)27-13-15-6-7-16(24)12-18(15)25/h2-7,12,26H,8-11,13H2,1H3,(H,27,30)(H,28,29). The first-order valence-electron chi connectivity index (χ1n) is 10.1. The molecule has 0 unspecified atom stereocenters. The van der Waals surface area contributed by atoms with E-state index in [-0.39, 0.29) is 17.9 Å². The zero-order valence-corrected chi connectivity index (χ0v) is 17.1. The third-order valence-corrected chi connectivity index (χ3v) is 5.75. The van der Waals surface area contributed by atoms with Crippen molar-refractivity contribution in [2.45, 2.75) is 31.8 Å². The largest absolute Gasteiger partial charge is 0.451 e. The SMILES string of the molecule is Cc1c(C(=O)NC2(C(=O)NCc3ccc(F)cc3F)CCNCC2)oc2ccccc12. The minimum absolute atomic E-state index is 0.111. The zero-order chi connectivity index (χ0) is 22.0. The molecule has 3 aromatic rings. The molecule has 31 heavy (non-hydrogen) atoms. The van der Waals surface area contributed by atoms with Crippen molar-refractivity contribution in [2.75, 3.05) is 13.1 Å². The zero-order valence-electron chi connectivity index (χ0n) is 17.1. The molecule has 8 heteroatoms. The molecule has 1 saturated heterocycles. The van der Waals surface area contributed by atoms with E-state index in [0.717, 1.165) is 17.5 Å². The molecule has 0 spiro atoms. The Labute approximate surface area is 178 Å². The van der Waals surface area contributed by atoms with Crippen molar-refractivity contribution in [1.82, 2.24) is 16.0 Å². The molecule has 0 aliphatic carbocycles. The summed E-state index contributed by atoms with van der Waals surface area (Å²) in [6, 6.07) is 10.5. The summed E-state index contributed by atoms with van der Waals surface area (Å²) in [5.74, 6) is -2.15. The number of rotatable bonds is 5. The van der Waals surface area contributed by atoms with Gasteiger partial charge in [0.05, 0.1) is 0 Å². The number of fused-ring (bicyclic) bond motifs is 1. The molecule has 162 valence electrons. The monoisotopic (exact) mass is 427 g/mol. The summed E-state index contributed by atoms with van der Waals surface area (Å²) in [5, 5.41) is 9.57. The molecule has 0 saturated carbocycles. The second-order valence-corrected chi connectivity index (χ2v) is 7.76. The number of piperidine rings is 1. The third-order valence-electron chi connectivity index (χ3n) is 5.75. The molecule has 6 nitrogen and oxygen atoms in total. The Hall–Kier alpha value is -3.26.